The monoisotopic (exact) mass is 300 g/mol. The van der Waals surface area contributed by atoms with Gasteiger partial charge in [0.1, 0.15) is 5.69 Å². The SMILES string of the molecule is N#Cc1ccc(-n2nnc3c2C(=O)c2ccccc2C3=O)cc1. The molecule has 0 unspecified atom stereocenters. The van der Waals surface area contributed by atoms with E-state index in [1.165, 1.54) is 4.68 Å². The van der Waals surface area contributed by atoms with Gasteiger partial charge in [0.05, 0.1) is 17.3 Å². The molecule has 0 N–H and O–H groups in total. The number of carbonyl (C=O) groups excluding carboxylic acids is 2. The number of nitrogens with zero attached hydrogens (tertiary/aromatic N) is 4. The molecule has 1 aromatic heterocycles. The van der Waals surface area contributed by atoms with E-state index < -0.39 is 0 Å². The third kappa shape index (κ3) is 1.80. The number of nitriles is 1. The zero-order valence-electron chi connectivity index (χ0n) is 11.7. The lowest BCUT2D eigenvalue weighted by Gasteiger charge is -2.14. The van der Waals surface area contributed by atoms with E-state index in [1.54, 1.807) is 48.5 Å². The van der Waals surface area contributed by atoms with Gasteiger partial charge in [-0.1, -0.05) is 29.5 Å². The third-order valence-electron chi connectivity index (χ3n) is 3.76. The van der Waals surface area contributed by atoms with Crippen molar-refractivity contribution < 1.29 is 9.59 Å². The van der Waals surface area contributed by atoms with E-state index in [0.717, 1.165) is 0 Å². The Kier molecular flexibility index (Phi) is 2.68. The standard InChI is InChI=1S/C17H8N4O2/c18-9-10-5-7-11(8-6-10)21-15-14(19-20-21)16(22)12-3-1-2-4-13(12)17(15)23/h1-8H. The van der Waals surface area contributed by atoms with Crippen molar-refractivity contribution in [2.45, 2.75) is 0 Å². The van der Waals surface area contributed by atoms with Crippen LogP contribution < -0.4 is 0 Å². The van der Waals surface area contributed by atoms with Crippen LogP contribution in [0.25, 0.3) is 5.69 Å². The second-order valence-corrected chi connectivity index (χ2v) is 5.06. The van der Waals surface area contributed by atoms with Gasteiger partial charge in [0.2, 0.25) is 11.6 Å². The van der Waals surface area contributed by atoms with Gasteiger partial charge in [0, 0.05) is 11.1 Å². The van der Waals surface area contributed by atoms with Gasteiger partial charge in [-0.2, -0.15) is 5.26 Å². The molecule has 0 saturated heterocycles. The summed E-state index contributed by atoms with van der Waals surface area (Å²) in [6.07, 6.45) is 0. The van der Waals surface area contributed by atoms with E-state index in [0.29, 0.717) is 22.4 Å². The van der Waals surface area contributed by atoms with Crippen LogP contribution in [0.15, 0.2) is 48.5 Å². The summed E-state index contributed by atoms with van der Waals surface area (Å²) in [5, 5.41) is 16.7. The normalized spacial score (nSPS) is 12.5. The van der Waals surface area contributed by atoms with Crippen LogP contribution >= 0.6 is 0 Å². The minimum Gasteiger partial charge on any atom is -0.287 e. The summed E-state index contributed by atoms with van der Waals surface area (Å²) in [4.78, 5) is 25.2. The van der Waals surface area contributed by atoms with Crippen LogP contribution in [0.1, 0.15) is 37.7 Å². The molecule has 1 aliphatic rings. The summed E-state index contributed by atoms with van der Waals surface area (Å²) >= 11 is 0. The number of ketones is 2. The Morgan fingerprint density at radius 3 is 2.22 bits per heavy atom. The number of hydrogen-bond acceptors (Lipinski definition) is 5. The van der Waals surface area contributed by atoms with E-state index in [1.807, 2.05) is 6.07 Å². The van der Waals surface area contributed by atoms with Crippen LogP contribution in [0, 0.1) is 11.3 Å². The highest BCUT2D eigenvalue weighted by Gasteiger charge is 2.35. The van der Waals surface area contributed by atoms with Crippen LogP contribution in [0.5, 0.6) is 0 Å². The first-order valence-corrected chi connectivity index (χ1v) is 6.85. The van der Waals surface area contributed by atoms with Crippen LogP contribution in [-0.4, -0.2) is 26.6 Å². The van der Waals surface area contributed by atoms with Crippen molar-refractivity contribution in [1.82, 2.24) is 15.0 Å². The third-order valence-corrected chi connectivity index (χ3v) is 3.76. The van der Waals surface area contributed by atoms with Crippen LogP contribution in [0.2, 0.25) is 0 Å². The number of fused-ring (bicyclic) bond motifs is 2. The largest absolute Gasteiger partial charge is 0.287 e. The molecule has 6 nitrogen and oxygen atoms in total. The lowest BCUT2D eigenvalue weighted by Crippen LogP contribution is -2.22. The van der Waals surface area contributed by atoms with Gasteiger partial charge in [-0.15, -0.1) is 5.10 Å². The molecular weight excluding hydrogens is 292 g/mol. The molecule has 6 heteroatoms. The van der Waals surface area contributed by atoms with E-state index >= 15 is 0 Å². The average Bonchev–Trinajstić information content (AvgIpc) is 3.05. The van der Waals surface area contributed by atoms with Crippen molar-refractivity contribution in [2.75, 3.05) is 0 Å². The Labute approximate surface area is 130 Å². The fourth-order valence-corrected chi connectivity index (χ4v) is 2.63. The molecule has 108 valence electrons. The zero-order valence-corrected chi connectivity index (χ0v) is 11.7. The molecule has 0 atom stereocenters. The zero-order chi connectivity index (χ0) is 16.0. The summed E-state index contributed by atoms with van der Waals surface area (Å²) in [7, 11) is 0. The topological polar surface area (TPSA) is 88.6 Å². The first-order chi connectivity index (χ1) is 11.2. The maximum absolute atomic E-state index is 12.7. The Balaban J connectivity index is 1.91. The van der Waals surface area contributed by atoms with Crippen molar-refractivity contribution in [3.8, 4) is 11.8 Å². The molecule has 1 aliphatic carbocycles. The molecule has 0 bridgehead atoms. The highest BCUT2D eigenvalue weighted by molar-refractivity contribution is 6.27. The van der Waals surface area contributed by atoms with Crippen LogP contribution in [0.4, 0.5) is 0 Å². The van der Waals surface area contributed by atoms with Crippen LogP contribution in [0.3, 0.4) is 0 Å². The number of benzene rings is 2. The molecule has 0 spiro atoms. The first-order valence-electron chi connectivity index (χ1n) is 6.85. The number of carbonyl (C=O) groups is 2. The number of hydrogen-bond donors (Lipinski definition) is 0. The first kappa shape index (κ1) is 13.1. The maximum atomic E-state index is 12.7. The summed E-state index contributed by atoms with van der Waals surface area (Å²) < 4.78 is 1.34. The van der Waals surface area contributed by atoms with Gasteiger partial charge >= 0.3 is 0 Å². The van der Waals surface area contributed by atoms with Crippen molar-refractivity contribution in [1.29, 1.82) is 5.26 Å². The van der Waals surface area contributed by atoms with Crippen molar-refractivity contribution in [3.63, 3.8) is 0 Å². The Morgan fingerprint density at radius 1 is 0.913 bits per heavy atom. The maximum Gasteiger partial charge on any atom is 0.216 e. The lowest BCUT2D eigenvalue weighted by atomic mass is 9.90. The molecule has 0 aliphatic heterocycles. The molecular formula is C17H8N4O2. The Hall–Kier alpha value is -3.59. The van der Waals surface area contributed by atoms with Gasteiger partial charge < -0.3 is 0 Å². The molecule has 23 heavy (non-hydrogen) atoms. The fraction of sp³-hybridized carbons (Fsp3) is 0. The highest BCUT2D eigenvalue weighted by atomic mass is 16.1. The summed E-state index contributed by atoms with van der Waals surface area (Å²) in [6, 6.07) is 15.2. The summed E-state index contributed by atoms with van der Waals surface area (Å²) in [6.45, 7) is 0. The summed E-state index contributed by atoms with van der Waals surface area (Å²) in [5.41, 5.74) is 1.96. The van der Waals surface area contributed by atoms with Crippen molar-refractivity contribution in [3.05, 3.63) is 76.6 Å². The molecule has 0 saturated carbocycles. The predicted octanol–water partition coefficient (Wildman–Crippen LogP) is 1.91. The predicted molar refractivity (Wildman–Crippen MR) is 79.4 cm³/mol. The minimum absolute atomic E-state index is 0.0538. The second kappa shape index (κ2) is 4.71. The molecule has 4 rings (SSSR count). The van der Waals surface area contributed by atoms with Gasteiger partial charge in [0.15, 0.2) is 5.69 Å². The number of rotatable bonds is 1. The van der Waals surface area contributed by atoms with Gasteiger partial charge in [-0.3, -0.25) is 9.59 Å². The molecule has 3 aromatic rings. The van der Waals surface area contributed by atoms with Crippen molar-refractivity contribution in [2.24, 2.45) is 0 Å². The van der Waals surface area contributed by atoms with Crippen molar-refractivity contribution >= 4 is 11.6 Å². The fourth-order valence-electron chi connectivity index (χ4n) is 2.63. The number of aromatic nitrogens is 3. The quantitative estimate of drug-likeness (QED) is 0.536. The lowest BCUT2D eigenvalue weighted by molar-refractivity contribution is 0.0972. The molecule has 0 fully saturated rings. The Bertz CT molecular complexity index is 1010. The van der Waals surface area contributed by atoms with Gasteiger partial charge in [-0.25, -0.2) is 4.68 Å². The highest BCUT2D eigenvalue weighted by Crippen LogP contribution is 2.27. The average molecular weight is 300 g/mol. The minimum atomic E-state index is -0.310. The van der Waals surface area contributed by atoms with E-state index in [9.17, 15) is 9.59 Å². The molecule has 1 heterocycles. The smallest absolute Gasteiger partial charge is 0.216 e. The van der Waals surface area contributed by atoms with E-state index in [2.05, 4.69) is 10.3 Å². The van der Waals surface area contributed by atoms with E-state index in [-0.39, 0.29) is 23.0 Å². The molecule has 0 radical (unpaired) electrons. The molecule has 2 aromatic carbocycles. The second-order valence-electron chi connectivity index (χ2n) is 5.06. The summed E-state index contributed by atoms with van der Waals surface area (Å²) in [5.74, 6) is -0.598. The van der Waals surface area contributed by atoms with Gasteiger partial charge in [0.25, 0.3) is 0 Å². The van der Waals surface area contributed by atoms with Crippen LogP contribution in [-0.2, 0) is 0 Å². The molecule has 0 amide bonds. The Morgan fingerprint density at radius 2 is 1.57 bits per heavy atom. The van der Waals surface area contributed by atoms with Gasteiger partial charge in [-0.05, 0) is 24.3 Å². The van der Waals surface area contributed by atoms with E-state index in [4.69, 9.17) is 5.26 Å².